The molecule has 0 spiro atoms. The zero-order valence-electron chi connectivity index (χ0n) is 31.3. The first-order chi connectivity index (χ1) is 23.4. The highest BCUT2D eigenvalue weighted by molar-refractivity contribution is 6.38. The number of ether oxygens (including phenoxy) is 2. The third kappa shape index (κ3) is 9.60. The minimum atomic E-state index is -1.03. The zero-order valence-corrected chi connectivity index (χ0v) is 31.3. The summed E-state index contributed by atoms with van der Waals surface area (Å²) < 4.78 is 10.7. The van der Waals surface area contributed by atoms with E-state index in [1.165, 1.54) is 0 Å². The van der Waals surface area contributed by atoms with Gasteiger partial charge in [0.05, 0.1) is 13.2 Å². The molecule has 1 unspecified atom stereocenters. The van der Waals surface area contributed by atoms with E-state index in [1.807, 2.05) is 27.7 Å². The Morgan fingerprint density at radius 2 is 1.70 bits per heavy atom. The molecule has 0 aromatic heterocycles. The van der Waals surface area contributed by atoms with Gasteiger partial charge in [-0.05, 0) is 59.1 Å². The van der Waals surface area contributed by atoms with Crippen molar-refractivity contribution in [2.45, 2.75) is 112 Å². The lowest BCUT2D eigenvalue weighted by Crippen LogP contribution is -2.61. The topological polar surface area (TPSA) is 148 Å². The standard InChI is InChI=1S/C39H57N3O8/c1-11-13-15-28(43)33(45)25(14-12-2)20-29(44)32-30-27(39(30,8)9)21-42(32)35(46)34(38(5,6)7)41-37(48)40-31(23(3)4)36(47)50-22-24-16-18-26(49-10)19-17-24/h11,16-19,23,25,27,30-32,34H,1,12-15,20-22H2,2-10H3,(H2,40,41,48)/t25?,27-,30-,31-,32+,34+/m0/s1. The van der Waals surface area contributed by atoms with Gasteiger partial charge in [-0.25, -0.2) is 9.59 Å². The second kappa shape index (κ2) is 16.8. The molecular formula is C39H57N3O8. The average Bonchev–Trinajstić information content (AvgIpc) is 3.36. The van der Waals surface area contributed by atoms with E-state index in [9.17, 15) is 28.8 Å². The zero-order chi connectivity index (χ0) is 37.6. The van der Waals surface area contributed by atoms with Crippen molar-refractivity contribution in [3.05, 3.63) is 42.5 Å². The molecule has 11 nitrogen and oxygen atoms in total. The molecule has 1 aromatic carbocycles. The molecule has 276 valence electrons. The molecule has 0 radical (unpaired) electrons. The van der Waals surface area contributed by atoms with Crippen LogP contribution in [0.2, 0.25) is 0 Å². The number of benzene rings is 1. The van der Waals surface area contributed by atoms with E-state index in [0.717, 1.165) is 5.56 Å². The van der Waals surface area contributed by atoms with E-state index in [2.05, 4.69) is 31.1 Å². The summed E-state index contributed by atoms with van der Waals surface area (Å²) in [7, 11) is 1.56. The number of Topliss-reactive ketones (excluding diaryl/α,β-unsaturated/α-hetero) is 3. The molecule has 3 amide bonds. The van der Waals surface area contributed by atoms with Crippen LogP contribution in [-0.2, 0) is 35.3 Å². The molecule has 2 fully saturated rings. The maximum atomic E-state index is 14.4. The largest absolute Gasteiger partial charge is 0.497 e. The van der Waals surface area contributed by atoms with Crippen molar-refractivity contribution in [1.29, 1.82) is 0 Å². The summed E-state index contributed by atoms with van der Waals surface area (Å²) >= 11 is 0. The predicted octanol–water partition coefficient (Wildman–Crippen LogP) is 5.44. The number of ketones is 3. The number of urea groups is 1. The van der Waals surface area contributed by atoms with Gasteiger partial charge in [0.15, 0.2) is 11.6 Å². The Balaban J connectivity index is 1.76. The van der Waals surface area contributed by atoms with Crippen LogP contribution in [0.4, 0.5) is 4.79 Å². The SMILES string of the molecule is C=CCCC(=O)C(=O)C(CCC)CC(=O)[C@@H]1[C@@H]2[C@H](CN1C(=O)[C@@H](NC(=O)N[C@H](C(=O)OCc1ccc(OC)cc1)C(C)C)C(C)(C)C)C2(C)C. The Hall–Kier alpha value is -4.02. The van der Waals surface area contributed by atoms with Crippen LogP contribution in [0.5, 0.6) is 5.75 Å². The van der Waals surface area contributed by atoms with Gasteiger partial charge in [-0.1, -0.05) is 80.0 Å². The van der Waals surface area contributed by atoms with Gasteiger partial charge in [0.1, 0.15) is 24.4 Å². The number of nitrogens with one attached hydrogen (secondary N) is 2. The summed E-state index contributed by atoms with van der Waals surface area (Å²) in [5, 5.41) is 5.51. The van der Waals surface area contributed by atoms with Crippen LogP contribution in [-0.4, -0.2) is 71.9 Å². The molecule has 50 heavy (non-hydrogen) atoms. The number of hydrogen-bond acceptors (Lipinski definition) is 8. The fourth-order valence-electron chi connectivity index (χ4n) is 7.10. The molecule has 3 rings (SSSR count). The van der Waals surface area contributed by atoms with Gasteiger partial charge in [-0.3, -0.25) is 19.2 Å². The molecule has 1 saturated carbocycles. The first kappa shape index (κ1) is 40.4. The first-order valence-electron chi connectivity index (χ1n) is 17.8. The van der Waals surface area contributed by atoms with E-state index in [4.69, 9.17) is 9.47 Å². The van der Waals surface area contributed by atoms with Crippen molar-refractivity contribution in [2.24, 2.45) is 34.5 Å². The van der Waals surface area contributed by atoms with Crippen LogP contribution >= 0.6 is 0 Å². The summed E-state index contributed by atoms with van der Waals surface area (Å²) in [4.78, 5) is 82.2. The average molecular weight is 696 g/mol. The number of nitrogens with zero attached hydrogens (tertiary/aromatic N) is 1. The molecular weight excluding hydrogens is 638 g/mol. The molecule has 11 heteroatoms. The summed E-state index contributed by atoms with van der Waals surface area (Å²) in [5.41, 5.74) is -0.171. The molecule has 1 aliphatic carbocycles. The quantitative estimate of drug-likeness (QED) is 0.117. The first-order valence-corrected chi connectivity index (χ1v) is 17.8. The molecule has 1 aromatic rings. The highest BCUT2D eigenvalue weighted by Crippen LogP contribution is 2.65. The summed E-state index contributed by atoms with van der Waals surface area (Å²) in [6, 6.07) is 3.58. The summed E-state index contributed by atoms with van der Waals surface area (Å²) in [6.45, 7) is 19.0. The van der Waals surface area contributed by atoms with Crippen molar-refractivity contribution < 1.29 is 38.2 Å². The van der Waals surface area contributed by atoms with E-state index in [-0.39, 0.29) is 48.4 Å². The van der Waals surface area contributed by atoms with Crippen LogP contribution in [0.15, 0.2) is 36.9 Å². The van der Waals surface area contributed by atoms with Crippen molar-refractivity contribution in [2.75, 3.05) is 13.7 Å². The third-order valence-electron chi connectivity index (χ3n) is 10.3. The number of hydrogen-bond donors (Lipinski definition) is 2. The number of fused-ring (bicyclic) bond motifs is 1. The van der Waals surface area contributed by atoms with Crippen LogP contribution in [0, 0.1) is 34.5 Å². The lowest BCUT2D eigenvalue weighted by atomic mass is 9.84. The minimum absolute atomic E-state index is 0.00913. The Labute approximate surface area is 297 Å². The highest BCUT2D eigenvalue weighted by atomic mass is 16.5. The maximum Gasteiger partial charge on any atom is 0.329 e. The fraction of sp³-hybridized carbons (Fsp3) is 0.641. The number of amides is 3. The number of esters is 1. The van der Waals surface area contributed by atoms with Crippen LogP contribution < -0.4 is 15.4 Å². The Morgan fingerprint density at radius 3 is 2.24 bits per heavy atom. The van der Waals surface area contributed by atoms with Gasteiger partial charge in [0.2, 0.25) is 11.7 Å². The van der Waals surface area contributed by atoms with Crippen molar-refractivity contribution in [3.63, 3.8) is 0 Å². The van der Waals surface area contributed by atoms with Crippen molar-refractivity contribution >= 4 is 35.3 Å². The molecule has 1 saturated heterocycles. The normalized spacial score (nSPS) is 20.9. The van der Waals surface area contributed by atoms with Crippen molar-refractivity contribution in [3.8, 4) is 5.75 Å². The second-order valence-electron chi connectivity index (χ2n) is 15.8. The van der Waals surface area contributed by atoms with Gasteiger partial charge in [0.25, 0.3) is 0 Å². The van der Waals surface area contributed by atoms with E-state index < -0.39 is 58.9 Å². The monoisotopic (exact) mass is 695 g/mol. The number of allylic oxidation sites excluding steroid dienone is 1. The molecule has 1 heterocycles. The third-order valence-corrected chi connectivity index (χ3v) is 10.3. The number of methoxy groups -OCH3 is 1. The maximum absolute atomic E-state index is 14.4. The second-order valence-corrected chi connectivity index (χ2v) is 15.8. The number of rotatable bonds is 18. The van der Waals surface area contributed by atoms with Crippen LogP contribution in [0.25, 0.3) is 0 Å². The molecule has 2 aliphatic rings. The highest BCUT2D eigenvalue weighted by Gasteiger charge is 2.69. The Kier molecular flexibility index (Phi) is 13.6. The van der Waals surface area contributed by atoms with Gasteiger partial charge in [0, 0.05) is 25.3 Å². The molecule has 0 bridgehead atoms. The van der Waals surface area contributed by atoms with Gasteiger partial charge in [-0.2, -0.15) is 0 Å². The number of carbonyl (C=O) groups excluding carboxylic acids is 6. The minimum Gasteiger partial charge on any atom is -0.497 e. The van der Waals surface area contributed by atoms with Crippen LogP contribution in [0.3, 0.4) is 0 Å². The smallest absolute Gasteiger partial charge is 0.329 e. The predicted molar refractivity (Wildman–Crippen MR) is 190 cm³/mol. The van der Waals surface area contributed by atoms with Gasteiger partial charge >= 0.3 is 12.0 Å². The van der Waals surface area contributed by atoms with Crippen molar-refractivity contribution in [1.82, 2.24) is 15.5 Å². The molecule has 1 aliphatic heterocycles. The van der Waals surface area contributed by atoms with E-state index in [0.29, 0.717) is 31.6 Å². The fourth-order valence-corrected chi connectivity index (χ4v) is 7.10. The van der Waals surface area contributed by atoms with E-state index in [1.54, 1.807) is 56.2 Å². The summed E-state index contributed by atoms with van der Waals surface area (Å²) in [5.74, 6) is -2.69. The Morgan fingerprint density at radius 1 is 1.06 bits per heavy atom. The number of carbonyl (C=O) groups is 6. The summed E-state index contributed by atoms with van der Waals surface area (Å²) in [6.07, 6.45) is 2.93. The number of piperidine rings is 1. The van der Waals surface area contributed by atoms with Gasteiger partial charge < -0.3 is 25.0 Å². The lowest BCUT2D eigenvalue weighted by Gasteiger charge is -2.38. The van der Waals surface area contributed by atoms with E-state index >= 15 is 0 Å². The lowest BCUT2D eigenvalue weighted by molar-refractivity contribution is -0.148. The van der Waals surface area contributed by atoms with Gasteiger partial charge in [-0.15, -0.1) is 6.58 Å². The molecule has 6 atom stereocenters. The molecule has 2 N–H and O–H groups in total. The van der Waals surface area contributed by atoms with Crippen LogP contribution in [0.1, 0.15) is 93.1 Å². The number of likely N-dealkylation sites (tertiary alicyclic amines) is 1. The Bertz CT molecular complexity index is 1430.